The van der Waals surface area contributed by atoms with E-state index in [1.807, 2.05) is 86.6 Å². The van der Waals surface area contributed by atoms with Gasteiger partial charge in [-0.05, 0) is 61.9 Å². The van der Waals surface area contributed by atoms with Gasteiger partial charge >= 0.3 is 0 Å². The van der Waals surface area contributed by atoms with Crippen LogP contribution < -0.4 is 14.9 Å². The Hall–Kier alpha value is -3.71. The highest BCUT2D eigenvalue weighted by Gasteiger charge is 2.11. The van der Waals surface area contributed by atoms with Gasteiger partial charge in [0.25, 0.3) is 0 Å². The molecule has 4 aromatic rings. The summed E-state index contributed by atoms with van der Waals surface area (Å²) in [5.41, 5.74) is 5.70. The monoisotopic (exact) mass is 444 g/mol. The molecule has 0 aliphatic carbocycles. The maximum Gasteiger partial charge on any atom is 0.183 e. The fourth-order valence-corrected chi connectivity index (χ4v) is 3.91. The molecule has 0 fully saturated rings. The van der Waals surface area contributed by atoms with E-state index in [4.69, 9.17) is 19.5 Å². The van der Waals surface area contributed by atoms with Gasteiger partial charge in [0.1, 0.15) is 0 Å². The van der Waals surface area contributed by atoms with Crippen molar-refractivity contribution in [3.05, 3.63) is 83.4 Å². The molecular formula is C25H24N4O2S. The summed E-state index contributed by atoms with van der Waals surface area (Å²) in [7, 11) is 1.62. The molecule has 0 aliphatic rings. The molecule has 0 unspecified atom stereocenters. The van der Waals surface area contributed by atoms with Crippen LogP contribution in [0.2, 0.25) is 0 Å². The summed E-state index contributed by atoms with van der Waals surface area (Å²) in [6.07, 6.45) is 1.78. The molecule has 0 bridgehead atoms. The Morgan fingerprint density at radius 2 is 1.78 bits per heavy atom. The number of fused-ring (bicyclic) bond motifs is 1. The van der Waals surface area contributed by atoms with Crippen LogP contribution in [0.3, 0.4) is 0 Å². The Labute approximate surface area is 191 Å². The minimum atomic E-state index is 0.0654. The third-order valence-electron chi connectivity index (χ3n) is 4.43. The lowest BCUT2D eigenvalue weighted by Gasteiger charge is -2.13. The Bertz CT molecular complexity index is 1220. The predicted octanol–water partition coefficient (Wildman–Crippen LogP) is 5.79. The van der Waals surface area contributed by atoms with E-state index >= 15 is 0 Å². The Morgan fingerprint density at radius 1 is 1.00 bits per heavy atom. The molecule has 0 aliphatic heterocycles. The molecule has 7 heteroatoms. The van der Waals surface area contributed by atoms with E-state index in [2.05, 4.69) is 10.5 Å². The van der Waals surface area contributed by atoms with Crippen molar-refractivity contribution in [1.82, 2.24) is 10.4 Å². The van der Waals surface area contributed by atoms with E-state index in [0.29, 0.717) is 17.3 Å². The van der Waals surface area contributed by atoms with Crippen molar-refractivity contribution in [1.29, 1.82) is 0 Å². The van der Waals surface area contributed by atoms with Crippen molar-refractivity contribution < 1.29 is 9.47 Å². The number of nitrogens with zero attached hydrogens (tertiary/aromatic N) is 3. The number of methoxy groups -OCH3 is 1. The smallest absolute Gasteiger partial charge is 0.183 e. The zero-order valence-electron chi connectivity index (χ0n) is 18.1. The molecule has 0 radical (unpaired) electrons. The zero-order valence-corrected chi connectivity index (χ0v) is 19.0. The van der Waals surface area contributed by atoms with Crippen LogP contribution in [0.1, 0.15) is 24.4 Å². The molecule has 0 saturated carbocycles. The van der Waals surface area contributed by atoms with E-state index < -0.39 is 0 Å². The number of hydrazone groups is 1. The molecule has 0 saturated heterocycles. The largest absolute Gasteiger partial charge is 0.493 e. The van der Waals surface area contributed by atoms with Gasteiger partial charge in [-0.15, -0.1) is 11.3 Å². The third-order valence-corrected chi connectivity index (χ3v) is 5.47. The van der Waals surface area contributed by atoms with E-state index in [1.54, 1.807) is 24.7 Å². The number of para-hydroxylation sites is 2. The lowest BCUT2D eigenvalue weighted by molar-refractivity contribution is 0.230. The fourth-order valence-electron chi connectivity index (χ4n) is 3.01. The number of amidine groups is 1. The first-order valence-electron chi connectivity index (χ1n) is 10.3. The van der Waals surface area contributed by atoms with Crippen LogP contribution in [0, 0.1) is 0 Å². The molecule has 0 atom stereocenters. The summed E-state index contributed by atoms with van der Waals surface area (Å²) in [5.74, 6) is 1.95. The van der Waals surface area contributed by atoms with Crippen LogP contribution in [-0.4, -0.2) is 30.2 Å². The first-order valence-corrected chi connectivity index (χ1v) is 11.1. The average molecular weight is 445 g/mol. The number of hydrogen-bond donors (Lipinski definition) is 1. The lowest BCUT2D eigenvalue weighted by Crippen LogP contribution is -2.18. The van der Waals surface area contributed by atoms with Gasteiger partial charge in [0.05, 0.1) is 35.3 Å². The summed E-state index contributed by atoms with van der Waals surface area (Å²) in [5, 5.41) is 5.18. The molecule has 0 amide bonds. The van der Waals surface area contributed by atoms with Crippen molar-refractivity contribution >= 4 is 39.3 Å². The van der Waals surface area contributed by atoms with E-state index in [1.165, 1.54) is 0 Å². The Kier molecular flexibility index (Phi) is 6.77. The SMILES string of the molecule is COc1cc(C=NNC(=Nc2ccccc2)c2nc3ccccc3s2)ccc1OC(C)C. The predicted molar refractivity (Wildman–Crippen MR) is 132 cm³/mol. The van der Waals surface area contributed by atoms with Crippen LogP contribution in [0.15, 0.2) is 82.9 Å². The number of aliphatic imine (C=N–C) groups is 1. The lowest BCUT2D eigenvalue weighted by atomic mass is 10.2. The molecule has 0 spiro atoms. The second-order valence-corrected chi connectivity index (χ2v) is 8.26. The molecule has 162 valence electrons. The normalized spacial score (nSPS) is 11.9. The van der Waals surface area contributed by atoms with Gasteiger partial charge in [-0.2, -0.15) is 5.10 Å². The highest BCUT2D eigenvalue weighted by atomic mass is 32.1. The van der Waals surface area contributed by atoms with Crippen molar-refractivity contribution in [2.45, 2.75) is 20.0 Å². The molecule has 32 heavy (non-hydrogen) atoms. The van der Waals surface area contributed by atoms with E-state index in [-0.39, 0.29) is 6.10 Å². The number of rotatable bonds is 7. The van der Waals surface area contributed by atoms with Gasteiger partial charge in [0.2, 0.25) is 0 Å². The maximum atomic E-state index is 5.78. The van der Waals surface area contributed by atoms with Crippen molar-refractivity contribution in [3.8, 4) is 11.5 Å². The van der Waals surface area contributed by atoms with Crippen LogP contribution >= 0.6 is 11.3 Å². The minimum absolute atomic E-state index is 0.0654. The summed E-state index contributed by atoms with van der Waals surface area (Å²) < 4.78 is 12.3. The van der Waals surface area contributed by atoms with Crippen LogP contribution in [0.5, 0.6) is 11.5 Å². The van der Waals surface area contributed by atoms with Crippen molar-refractivity contribution in [2.24, 2.45) is 10.1 Å². The Morgan fingerprint density at radius 3 is 2.53 bits per heavy atom. The van der Waals surface area contributed by atoms with Gasteiger partial charge in [0, 0.05) is 0 Å². The molecule has 6 nitrogen and oxygen atoms in total. The van der Waals surface area contributed by atoms with Gasteiger partial charge in [-0.25, -0.2) is 9.98 Å². The summed E-state index contributed by atoms with van der Waals surface area (Å²) >= 11 is 1.57. The number of benzene rings is 3. The van der Waals surface area contributed by atoms with Gasteiger partial charge in [0.15, 0.2) is 22.3 Å². The van der Waals surface area contributed by atoms with Gasteiger partial charge < -0.3 is 9.47 Å². The Balaban J connectivity index is 1.60. The van der Waals surface area contributed by atoms with Gasteiger partial charge in [-0.1, -0.05) is 30.3 Å². The van der Waals surface area contributed by atoms with Crippen LogP contribution in [0.4, 0.5) is 5.69 Å². The van der Waals surface area contributed by atoms with Crippen molar-refractivity contribution in [2.75, 3.05) is 7.11 Å². The van der Waals surface area contributed by atoms with Gasteiger partial charge in [-0.3, -0.25) is 5.43 Å². The standard InChI is InChI=1S/C25H24N4O2S/c1-17(2)31-21-14-13-18(15-22(21)30-3)16-26-29-24(27-19-9-5-4-6-10-19)25-28-20-11-7-8-12-23(20)32-25/h4-17H,1-3H3,(H,27,29). The molecule has 3 aromatic carbocycles. The van der Waals surface area contributed by atoms with E-state index in [0.717, 1.165) is 26.5 Å². The van der Waals surface area contributed by atoms with Crippen molar-refractivity contribution in [3.63, 3.8) is 0 Å². The first kappa shape index (κ1) is 21.5. The molecule has 4 rings (SSSR count). The number of thiazole rings is 1. The van der Waals surface area contributed by atoms with Crippen LogP contribution in [0.25, 0.3) is 10.2 Å². The maximum absolute atomic E-state index is 5.78. The average Bonchev–Trinajstić information content (AvgIpc) is 3.24. The number of nitrogens with one attached hydrogen (secondary N) is 1. The zero-order chi connectivity index (χ0) is 22.3. The second-order valence-electron chi connectivity index (χ2n) is 7.23. The van der Waals surface area contributed by atoms with E-state index in [9.17, 15) is 0 Å². The molecule has 1 heterocycles. The number of hydrogen-bond acceptors (Lipinski definition) is 6. The van der Waals surface area contributed by atoms with Crippen LogP contribution in [-0.2, 0) is 0 Å². The second kappa shape index (κ2) is 10.1. The third kappa shape index (κ3) is 5.31. The topological polar surface area (TPSA) is 68.1 Å². The number of aromatic nitrogens is 1. The summed E-state index contributed by atoms with van der Waals surface area (Å²) in [6, 6.07) is 23.5. The molecule has 1 aromatic heterocycles. The molecular weight excluding hydrogens is 420 g/mol. The summed E-state index contributed by atoms with van der Waals surface area (Å²) in [4.78, 5) is 9.45. The highest BCUT2D eigenvalue weighted by molar-refractivity contribution is 7.20. The fraction of sp³-hybridized carbons (Fsp3) is 0.160. The summed E-state index contributed by atoms with van der Waals surface area (Å²) in [6.45, 7) is 3.96. The quantitative estimate of drug-likeness (QED) is 0.222. The minimum Gasteiger partial charge on any atom is -0.493 e. The highest BCUT2D eigenvalue weighted by Crippen LogP contribution is 2.28. The molecule has 1 N–H and O–H groups in total. The first-order chi connectivity index (χ1) is 15.6. The number of ether oxygens (including phenoxy) is 2.